The molecule has 1 amide bonds. The highest BCUT2D eigenvalue weighted by Gasteiger charge is 2.31. The lowest BCUT2D eigenvalue weighted by atomic mass is 10.2. The highest BCUT2D eigenvalue weighted by atomic mass is 32.2. The monoisotopic (exact) mass is 422 g/mol. The molecule has 0 aromatic heterocycles. The zero-order valence-corrected chi connectivity index (χ0v) is 17.3. The number of anilines is 1. The average molecular weight is 423 g/mol. The van der Waals surface area contributed by atoms with Gasteiger partial charge in [-0.3, -0.25) is 4.79 Å². The molecule has 0 radical (unpaired) electrons. The molecule has 0 aliphatic carbocycles. The lowest BCUT2D eigenvalue weighted by Gasteiger charge is -2.31. The van der Waals surface area contributed by atoms with Gasteiger partial charge in [-0.2, -0.15) is 4.31 Å². The molecular weight excluding hydrogens is 397 g/mol. The van der Waals surface area contributed by atoms with Gasteiger partial charge in [0, 0.05) is 0 Å². The number of hydrogen-bond acceptors (Lipinski definition) is 4. The topological polar surface area (TPSA) is 80.2 Å². The third-order valence-corrected chi connectivity index (χ3v) is 6.83. The van der Waals surface area contributed by atoms with Crippen molar-refractivity contribution in [1.82, 2.24) is 4.31 Å². The summed E-state index contributed by atoms with van der Waals surface area (Å²) in [6.45, 7) is 3.80. The minimum Gasteiger partial charge on any atom is -0.495 e. The average Bonchev–Trinajstić information content (AvgIpc) is 2.69. The van der Waals surface area contributed by atoms with E-state index in [1.54, 1.807) is 13.2 Å². The number of amides is 1. The van der Waals surface area contributed by atoms with Crippen LogP contribution in [0.2, 0.25) is 0 Å². The molecule has 1 fully saturated rings. The normalized spacial score (nSPS) is 15.8. The van der Waals surface area contributed by atoms with Gasteiger partial charge in [0.25, 0.3) is 5.91 Å². The Hall–Kier alpha value is -2.49. The lowest BCUT2D eigenvalue weighted by molar-refractivity contribution is -0.895. The summed E-state index contributed by atoms with van der Waals surface area (Å²) in [7, 11) is -2.11. The Bertz CT molecular complexity index is 972. The van der Waals surface area contributed by atoms with Crippen LogP contribution >= 0.6 is 0 Å². The fraction of sp³-hybridized carbons (Fsp3) is 0.350. The second kappa shape index (κ2) is 8.89. The van der Waals surface area contributed by atoms with Crippen molar-refractivity contribution in [2.75, 3.05) is 45.2 Å². The van der Waals surface area contributed by atoms with Crippen LogP contribution in [0.15, 0.2) is 47.4 Å². The van der Waals surface area contributed by atoms with E-state index >= 15 is 0 Å². The zero-order valence-electron chi connectivity index (χ0n) is 16.4. The first-order valence-electron chi connectivity index (χ1n) is 9.33. The number of hydrogen-bond donors (Lipinski definition) is 2. The highest BCUT2D eigenvalue weighted by molar-refractivity contribution is 7.89. The van der Waals surface area contributed by atoms with E-state index in [2.05, 4.69) is 5.32 Å². The fourth-order valence-electron chi connectivity index (χ4n) is 3.32. The smallest absolute Gasteiger partial charge is 0.279 e. The summed E-state index contributed by atoms with van der Waals surface area (Å²) in [4.78, 5) is 13.5. The van der Waals surface area contributed by atoms with Crippen LogP contribution in [0, 0.1) is 12.7 Å². The molecule has 1 heterocycles. The molecule has 0 spiro atoms. The Morgan fingerprint density at radius 1 is 1.17 bits per heavy atom. The Labute approximate surface area is 170 Å². The standard InChI is InChI=1S/C20H24FN3O4S/c1-15-3-8-19(28-2)18(13-15)22-20(25)14-23-9-11-24(12-10-23)29(26,27)17-6-4-16(21)5-7-17/h3-8,13H,9-12,14H2,1-2H3,(H,22,25)/p+1. The molecule has 1 aliphatic rings. The van der Waals surface area contributed by atoms with Crippen molar-refractivity contribution in [2.45, 2.75) is 11.8 Å². The molecule has 7 nitrogen and oxygen atoms in total. The molecule has 9 heteroatoms. The maximum atomic E-state index is 13.1. The van der Waals surface area contributed by atoms with Crippen LogP contribution in [0.3, 0.4) is 0 Å². The number of rotatable bonds is 6. The first-order valence-corrected chi connectivity index (χ1v) is 10.8. The van der Waals surface area contributed by atoms with Crippen molar-refractivity contribution in [3.8, 4) is 5.75 Å². The van der Waals surface area contributed by atoms with Crippen LogP contribution in [0.25, 0.3) is 0 Å². The van der Waals surface area contributed by atoms with E-state index in [1.165, 1.54) is 16.4 Å². The molecule has 2 aromatic rings. The zero-order chi connectivity index (χ0) is 21.0. The fourth-order valence-corrected chi connectivity index (χ4v) is 4.76. The largest absolute Gasteiger partial charge is 0.495 e. The predicted molar refractivity (Wildman–Crippen MR) is 107 cm³/mol. The Morgan fingerprint density at radius 2 is 1.83 bits per heavy atom. The number of methoxy groups -OCH3 is 1. The molecule has 0 bridgehead atoms. The molecule has 1 aliphatic heterocycles. The number of carbonyl (C=O) groups excluding carboxylic acids is 1. The number of quaternary nitrogens is 1. The number of aryl methyl sites for hydroxylation is 1. The summed E-state index contributed by atoms with van der Waals surface area (Å²) in [5.74, 6) is -0.0395. The Morgan fingerprint density at radius 3 is 2.45 bits per heavy atom. The molecule has 156 valence electrons. The van der Waals surface area contributed by atoms with Gasteiger partial charge in [-0.25, -0.2) is 12.8 Å². The van der Waals surface area contributed by atoms with Gasteiger partial charge >= 0.3 is 0 Å². The second-order valence-corrected chi connectivity index (χ2v) is 8.97. The van der Waals surface area contributed by atoms with Crippen LogP contribution in [0.1, 0.15) is 5.56 Å². The van der Waals surface area contributed by atoms with Gasteiger partial charge in [-0.1, -0.05) is 6.07 Å². The third kappa shape index (κ3) is 5.11. The summed E-state index contributed by atoms with van der Waals surface area (Å²) in [5.41, 5.74) is 1.63. The van der Waals surface area contributed by atoms with E-state index in [0.29, 0.717) is 37.6 Å². The minimum absolute atomic E-state index is 0.0756. The molecular formula is C20H25FN3O4S+. The summed E-state index contributed by atoms with van der Waals surface area (Å²) >= 11 is 0. The number of nitrogens with one attached hydrogen (secondary N) is 2. The van der Waals surface area contributed by atoms with Crippen LogP contribution < -0.4 is 15.0 Å². The van der Waals surface area contributed by atoms with E-state index < -0.39 is 15.8 Å². The van der Waals surface area contributed by atoms with Crippen molar-refractivity contribution >= 4 is 21.6 Å². The van der Waals surface area contributed by atoms with Crippen molar-refractivity contribution in [3.05, 3.63) is 53.8 Å². The molecule has 2 N–H and O–H groups in total. The number of nitrogens with zero attached hydrogens (tertiary/aromatic N) is 1. The maximum Gasteiger partial charge on any atom is 0.279 e. The van der Waals surface area contributed by atoms with Gasteiger partial charge in [0.05, 0.1) is 43.9 Å². The van der Waals surface area contributed by atoms with E-state index in [0.717, 1.165) is 22.6 Å². The molecule has 3 rings (SSSR count). The van der Waals surface area contributed by atoms with Gasteiger partial charge < -0.3 is 15.0 Å². The minimum atomic E-state index is -3.66. The molecule has 29 heavy (non-hydrogen) atoms. The Kier molecular flexibility index (Phi) is 6.51. The first-order chi connectivity index (χ1) is 13.8. The van der Waals surface area contributed by atoms with Crippen LogP contribution in [-0.4, -0.2) is 58.5 Å². The van der Waals surface area contributed by atoms with Crippen LogP contribution in [0.4, 0.5) is 10.1 Å². The number of ether oxygens (including phenoxy) is 1. The lowest BCUT2D eigenvalue weighted by Crippen LogP contribution is -3.15. The van der Waals surface area contributed by atoms with Crippen LogP contribution in [0.5, 0.6) is 5.75 Å². The summed E-state index contributed by atoms with van der Waals surface area (Å²) in [6.07, 6.45) is 0. The molecule has 0 atom stereocenters. The van der Waals surface area contributed by atoms with Crippen LogP contribution in [-0.2, 0) is 14.8 Å². The van der Waals surface area contributed by atoms with Crippen molar-refractivity contribution in [3.63, 3.8) is 0 Å². The summed E-state index contributed by atoms with van der Waals surface area (Å²) in [6, 6.07) is 10.4. The number of piperazine rings is 1. The van der Waals surface area contributed by atoms with Gasteiger partial charge in [-0.15, -0.1) is 0 Å². The van der Waals surface area contributed by atoms with E-state index in [9.17, 15) is 17.6 Å². The summed E-state index contributed by atoms with van der Waals surface area (Å²) < 4.78 is 45.1. The van der Waals surface area contributed by atoms with Gasteiger partial charge in [0.2, 0.25) is 10.0 Å². The van der Waals surface area contributed by atoms with Crippen molar-refractivity contribution < 1.29 is 27.2 Å². The Balaban J connectivity index is 1.56. The summed E-state index contributed by atoms with van der Waals surface area (Å²) in [5, 5.41) is 2.87. The van der Waals surface area contributed by atoms with Crippen molar-refractivity contribution in [1.29, 1.82) is 0 Å². The van der Waals surface area contributed by atoms with E-state index in [1.807, 2.05) is 19.1 Å². The number of sulfonamides is 1. The number of benzene rings is 2. The third-order valence-electron chi connectivity index (χ3n) is 4.92. The van der Waals surface area contributed by atoms with Crippen molar-refractivity contribution in [2.24, 2.45) is 0 Å². The van der Waals surface area contributed by atoms with Gasteiger partial charge in [0.15, 0.2) is 6.54 Å². The van der Waals surface area contributed by atoms with Gasteiger partial charge in [-0.05, 0) is 48.9 Å². The van der Waals surface area contributed by atoms with E-state index in [4.69, 9.17) is 4.74 Å². The molecule has 0 unspecified atom stereocenters. The predicted octanol–water partition coefficient (Wildman–Crippen LogP) is 0.671. The quantitative estimate of drug-likeness (QED) is 0.717. The van der Waals surface area contributed by atoms with Gasteiger partial charge in [0.1, 0.15) is 11.6 Å². The molecule has 1 saturated heterocycles. The molecule has 0 saturated carbocycles. The SMILES string of the molecule is COc1ccc(C)cc1NC(=O)C[NH+]1CCN(S(=O)(=O)c2ccc(F)cc2)CC1. The second-order valence-electron chi connectivity index (χ2n) is 7.04. The highest BCUT2D eigenvalue weighted by Crippen LogP contribution is 2.24. The molecule has 2 aromatic carbocycles. The maximum absolute atomic E-state index is 13.1. The first kappa shape index (κ1) is 21.2. The number of carbonyl (C=O) groups is 1. The number of halogens is 1. The van der Waals surface area contributed by atoms with E-state index in [-0.39, 0.29) is 17.3 Å².